The van der Waals surface area contributed by atoms with Gasteiger partial charge in [0.2, 0.25) is 0 Å². The summed E-state index contributed by atoms with van der Waals surface area (Å²) in [5, 5.41) is 6.50. The minimum atomic E-state index is 0.866. The summed E-state index contributed by atoms with van der Waals surface area (Å²) >= 11 is 0. The van der Waals surface area contributed by atoms with Gasteiger partial charge in [-0.3, -0.25) is 4.90 Å². The lowest BCUT2D eigenvalue weighted by Gasteiger charge is -2.26. The van der Waals surface area contributed by atoms with Crippen LogP contribution in [0, 0.1) is 0 Å². The second-order valence-corrected chi connectivity index (χ2v) is 5.29. The molecule has 1 aromatic heterocycles. The smallest absolute Gasteiger partial charge is 0.133 e. The van der Waals surface area contributed by atoms with Crippen molar-refractivity contribution in [3.05, 3.63) is 11.9 Å². The third-order valence-electron chi connectivity index (χ3n) is 3.56. The molecule has 2 N–H and O–H groups in total. The zero-order chi connectivity index (χ0) is 14.9. The van der Waals surface area contributed by atoms with E-state index >= 15 is 0 Å². The van der Waals surface area contributed by atoms with E-state index in [1.807, 2.05) is 13.1 Å². The quantitative estimate of drug-likeness (QED) is 0.710. The second-order valence-electron chi connectivity index (χ2n) is 5.29. The van der Waals surface area contributed by atoms with Gasteiger partial charge in [-0.25, -0.2) is 9.97 Å². The number of aryl methyl sites for hydroxylation is 1. The van der Waals surface area contributed by atoms with Gasteiger partial charge >= 0.3 is 0 Å². The van der Waals surface area contributed by atoms with Crippen molar-refractivity contribution < 1.29 is 4.74 Å². The SMILES string of the molecule is CCCc1nc(NC)cc(NCCCN2CCOCC2)n1. The minimum Gasteiger partial charge on any atom is -0.379 e. The lowest BCUT2D eigenvalue weighted by molar-refractivity contribution is 0.0378. The summed E-state index contributed by atoms with van der Waals surface area (Å²) < 4.78 is 5.36. The molecule has 1 aliphatic heterocycles. The molecule has 1 saturated heterocycles. The normalized spacial score (nSPS) is 15.9. The molecule has 2 rings (SSSR count). The first kappa shape index (κ1) is 16.0. The maximum atomic E-state index is 5.36. The van der Waals surface area contributed by atoms with Crippen LogP contribution in [0.4, 0.5) is 11.6 Å². The molecule has 0 radical (unpaired) electrons. The Kier molecular flexibility index (Phi) is 6.69. The van der Waals surface area contributed by atoms with E-state index in [9.17, 15) is 0 Å². The van der Waals surface area contributed by atoms with Crippen LogP contribution in [0.2, 0.25) is 0 Å². The Morgan fingerprint density at radius 2 is 2.00 bits per heavy atom. The molecule has 6 nitrogen and oxygen atoms in total. The molecule has 0 amide bonds. The van der Waals surface area contributed by atoms with E-state index < -0.39 is 0 Å². The molecule has 2 heterocycles. The highest BCUT2D eigenvalue weighted by Gasteiger charge is 2.09. The predicted octanol–water partition coefficient (Wildman–Crippen LogP) is 1.60. The number of morpholine rings is 1. The molecule has 6 heteroatoms. The van der Waals surface area contributed by atoms with Gasteiger partial charge in [0, 0.05) is 39.2 Å². The Labute approximate surface area is 127 Å². The Bertz CT molecular complexity index is 421. The van der Waals surface area contributed by atoms with Gasteiger partial charge < -0.3 is 15.4 Å². The largest absolute Gasteiger partial charge is 0.379 e. The van der Waals surface area contributed by atoms with Crippen LogP contribution in [0.3, 0.4) is 0 Å². The minimum absolute atomic E-state index is 0.866. The number of ether oxygens (including phenoxy) is 1. The van der Waals surface area contributed by atoms with Crippen molar-refractivity contribution in [3.63, 3.8) is 0 Å². The van der Waals surface area contributed by atoms with E-state index in [0.717, 1.165) is 76.1 Å². The molecule has 21 heavy (non-hydrogen) atoms. The van der Waals surface area contributed by atoms with Gasteiger partial charge in [-0.05, 0) is 19.4 Å². The van der Waals surface area contributed by atoms with Gasteiger partial charge in [0.05, 0.1) is 13.2 Å². The van der Waals surface area contributed by atoms with Crippen LogP contribution in [0.5, 0.6) is 0 Å². The Hall–Kier alpha value is -1.40. The molecule has 118 valence electrons. The summed E-state index contributed by atoms with van der Waals surface area (Å²) in [6.07, 6.45) is 3.09. The van der Waals surface area contributed by atoms with E-state index in [1.165, 1.54) is 0 Å². The number of hydrogen-bond acceptors (Lipinski definition) is 6. The van der Waals surface area contributed by atoms with Crippen molar-refractivity contribution in [1.82, 2.24) is 14.9 Å². The lowest BCUT2D eigenvalue weighted by atomic mass is 10.3. The van der Waals surface area contributed by atoms with Crippen molar-refractivity contribution in [2.45, 2.75) is 26.2 Å². The fourth-order valence-electron chi connectivity index (χ4n) is 2.40. The summed E-state index contributed by atoms with van der Waals surface area (Å²) in [5.74, 6) is 2.70. The van der Waals surface area contributed by atoms with E-state index in [4.69, 9.17) is 4.74 Å². The predicted molar refractivity (Wildman–Crippen MR) is 85.9 cm³/mol. The number of hydrogen-bond donors (Lipinski definition) is 2. The van der Waals surface area contributed by atoms with Crippen LogP contribution in [0.1, 0.15) is 25.6 Å². The number of rotatable bonds is 8. The monoisotopic (exact) mass is 293 g/mol. The summed E-state index contributed by atoms with van der Waals surface area (Å²) in [5.41, 5.74) is 0. The molecule has 0 unspecified atom stereocenters. The lowest BCUT2D eigenvalue weighted by Crippen LogP contribution is -2.37. The second kappa shape index (κ2) is 8.79. The summed E-state index contributed by atoms with van der Waals surface area (Å²) in [6, 6.07) is 1.97. The third-order valence-corrected chi connectivity index (χ3v) is 3.56. The fraction of sp³-hybridized carbons (Fsp3) is 0.733. The van der Waals surface area contributed by atoms with E-state index in [2.05, 4.69) is 32.4 Å². The van der Waals surface area contributed by atoms with Gasteiger partial charge in [0.25, 0.3) is 0 Å². The Morgan fingerprint density at radius 3 is 2.71 bits per heavy atom. The zero-order valence-corrected chi connectivity index (χ0v) is 13.2. The Balaban J connectivity index is 1.77. The standard InChI is InChI=1S/C15H27N5O/c1-3-5-13-18-14(16-2)12-15(19-13)17-6-4-7-20-8-10-21-11-9-20/h12H,3-11H2,1-2H3,(H2,16,17,18,19). The van der Waals surface area contributed by atoms with Crippen molar-refractivity contribution in [2.24, 2.45) is 0 Å². The molecule has 1 aliphatic rings. The van der Waals surface area contributed by atoms with Gasteiger partial charge in [0.15, 0.2) is 0 Å². The maximum Gasteiger partial charge on any atom is 0.133 e. The first-order valence-corrected chi connectivity index (χ1v) is 7.91. The molecule has 0 atom stereocenters. The third kappa shape index (κ3) is 5.47. The molecule has 0 bridgehead atoms. The number of aromatic nitrogens is 2. The van der Waals surface area contributed by atoms with Crippen LogP contribution in [-0.4, -0.2) is 61.3 Å². The molecule has 0 aliphatic carbocycles. The van der Waals surface area contributed by atoms with Gasteiger partial charge in [0.1, 0.15) is 17.5 Å². The fourth-order valence-corrected chi connectivity index (χ4v) is 2.40. The van der Waals surface area contributed by atoms with Crippen molar-refractivity contribution in [2.75, 3.05) is 57.1 Å². The Morgan fingerprint density at radius 1 is 1.24 bits per heavy atom. The molecule has 0 saturated carbocycles. The molecular formula is C15H27N5O. The topological polar surface area (TPSA) is 62.3 Å². The maximum absolute atomic E-state index is 5.36. The average Bonchev–Trinajstić information content (AvgIpc) is 2.53. The van der Waals surface area contributed by atoms with Crippen LogP contribution in [0.25, 0.3) is 0 Å². The zero-order valence-electron chi connectivity index (χ0n) is 13.2. The van der Waals surface area contributed by atoms with Crippen LogP contribution >= 0.6 is 0 Å². The van der Waals surface area contributed by atoms with Crippen molar-refractivity contribution in [3.8, 4) is 0 Å². The summed E-state index contributed by atoms with van der Waals surface area (Å²) in [4.78, 5) is 11.5. The van der Waals surface area contributed by atoms with E-state index in [1.54, 1.807) is 0 Å². The average molecular weight is 293 g/mol. The van der Waals surface area contributed by atoms with Crippen LogP contribution in [0.15, 0.2) is 6.07 Å². The van der Waals surface area contributed by atoms with Crippen molar-refractivity contribution >= 4 is 11.6 Å². The molecule has 1 fully saturated rings. The van der Waals surface area contributed by atoms with Crippen LogP contribution < -0.4 is 10.6 Å². The van der Waals surface area contributed by atoms with Gasteiger partial charge in [-0.1, -0.05) is 6.92 Å². The number of nitrogens with zero attached hydrogens (tertiary/aromatic N) is 3. The van der Waals surface area contributed by atoms with Gasteiger partial charge in [-0.2, -0.15) is 0 Å². The summed E-state index contributed by atoms with van der Waals surface area (Å²) in [7, 11) is 1.89. The highest BCUT2D eigenvalue weighted by molar-refractivity contribution is 5.47. The van der Waals surface area contributed by atoms with E-state index in [-0.39, 0.29) is 0 Å². The molecule has 0 spiro atoms. The first-order valence-electron chi connectivity index (χ1n) is 7.91. The molecule has 1 aromatic rings. The van der Waals surface area contributed by atoms with Crippen LogP contribution in [-0.2, 0) is 11.2 Å². The molecule has 0 aromatic carbocycles. The van der Waals surface area contributed by atoms with Crippen molar-refractivity contribution in [1.29, 1.82) is 0 Å². The van der Waals surface area contributed by atoms with Gasteiger partial charge in [-0.15, -0.1) is 0 Å². The number of anilines is 2. The highest BCUT2D eigenvalue weighted by Crippen LogP contribution is 2.12. The van der Waals surface area contributed by atoms with E-state index in [0.29, 0.717) is 0 Å². The highest BCUT2D eigenvalue weighted by atomic mass is 16.5. The molecular weight excluding hydrogens is 266 g/mol. The number of nitrogens with one attached hydrogen (secondary N) is 2. The summed E-state index contributed by atoms with van der Waals surface area (Å²) in [6.45, 7) is 8.03. The first-order chi connectivity index (χ1) is 10.3.